The molecular formula is C21H19FN4O2. The first-order valence-corrected chi connectivity index (χ1v) is 8.77. The molecule has 0 saturated carbocycles. The number of pyridine rings is 2. The fourth-order valence-electron chi connectivity index (χ4n) is 2.59. The average Bonchev–Trinajstić information content (AvgIpc) is 2.74. The molecule has 0 aliphatic carbocycles. The summed E-state index contributed by atoms with van der Waals surface area (Å²) in [4.78, 5) is 32.5. The molecule has 0 bridgehead atoms. The zero-order valence-electron chi connectivity index (χ0n) is 15.1. The summed E-state index contributed by atoms with van der Waals surface area (Å²) in [5, 5.41) is 5.47. The number of rotatable bonds is 7. The largest absolute Gasteiger partial charge is 0.352 e. The van der Waals surface area contributed by atoms with Gasteiger partial charge >= 0.3 is 0 Å². The van der Waals surface area contributed by atoms with Gasteiger partial charge in [-0.15, -0.1) is 0 Å². The van der Waals surface area contributed by atoms with Crippen molar-refractivity contribution in [2.75, 3.05) is 6.54 Å². The average molecular weight is 378 g/mol. The van der Waals surface area contributed by atoms with Crippen molar-refractivity contribution in [1.29, 1.82) is 0 Å². The Labute approximate surface area is 161 Å². The van der Waals surface area contributed by atoms with Gasteiger partial charge in [0.25, 0.3) is 11.8 Å². The minimum absolute atomic E-state index is 0.266. The number of aromatic nitrogens is 2. The molecule has 1 aromatic carbocycles. The second kappa shape index (κ2) is 9.36. The molecule has 2 amide bonds. The topological polar surface area (TPSA) is 84.0 Å². The summed E-state index contributed by atoms with van der Waals surface area (Å²) in [5.74, 6) is -1.01. The lowest BCUT2D eigenvalue weighted by atomic mass is 10.1. The quantitative estimate of drug-likeness (QED) is 0.662. The van der Waals surface area contributed by atoms with E-state index in [4.69, 9.17) is 0 Å². The molecule has 0 spiro atoms. The molecule has 0 aliphatic rings. The molecule has 28 heavy (non-hydrogen) atoms. The summed E-state index contributed by atoms with van der Waals surface area (Å²) in [6, 6.07) is 11.5. The molecule has 0 fully saturated rings. The van der Waals surface area contributed by atoms with E-state index in [0.717, 1.165) is 5.56 Å². The summed E-state index contributed by atoms with van der Waals surface area (Å²) in [6.45, 7) is 0.600. The number of carbonyl (C=O) groups is 2. The molecule has 3 aromatic rings. The number of nitrogens with one attached hydrogen (secondary N) is 2. The Kier molecular flexibility index (Phi) is 6.41. The lowest BCUT2D eigenvalue weighted by Gasteiger charge is -2.08. The maximum Gasteiger partial charge on any atom is 0.253 e. The van der Waals surface area contributed by atoms with Crippen LogP contribution in [-0.2, 0) is 13.0 Å². The molecule has 0 unspecified atom stereocenters. The monoisotopic (exact) mass is 378 g/mol. The van der Waals surface area contributed by atoms with E-state index in [1.165, 1.54) is 24.5 Å². The highest BCUT2D eigenvalue weighted by atomic mass is 19.1. The van der Waals surface area contributed by atoms with E-state index >= 15 is 0 Å². The van der Waals surface area contributed by atoms with Gasteiger partial charge in [0, 0.05) is 37.9 Å². The van der Waals surface area contributed by atoms with E-state index in [2.05, 4.69) is 20.6 Å². The van der Waals surface area contributed by atoms with Crippen LogP contribution in [-0.4, -0.2) is 28.3 Å². The predicted molar refractivity (Wildman–Crippen MR) is 102 cm³/mol. The highest BCUT2D eigenvalue weighted by Gasteiger charge is 2.11. The first-order chi connectivity index (χ1) is 13.6. The van der Waals surface area contributed by atoms with Gasteiger partial charge in [0.15, 0.2) is 0 Å². The van der Waals surface area contributed by atoms with E-state index < -0.39 is 0 Å². The standard InChI is InChI=1S/C21H19FN4O2/c22-19-6-2-1-5-16(19)7-9-25-20(27)17-10-18(14-24-13-17)21(28)26-12-15-4-3-8-23-11-15/h1-6,8,10-11,13-14H,7,9,12H2,(H,25,27)(H,26,28). The number of carbonyl (C=O) groups excluding carboxylic acids is 2. The second-order valence-corrected chi connectivity index (χ2v) is 6.10. The van der Waals surface area contributed by atoms with Gasteiger partial charge in [-0.25, -0.2) is 4.39 Å². The SMILES string of the molecule is O=C(NCCc1ccccc1F)c1cncc(C(=O)NCc2cccnc2)c1. The number of nitrogens with zero attached hydrogens (tertiary/aromatic N) is 2. The Bertz CT molecular complexity index is 963. The lowest BCUT2D eigenvalue weighted by Crippen LogP contribution is -2.27. The van der Waals surface area contributed by atoms with Crippen molar-refractivity contribution < 1.29 is 14.0 Å². The van der Waals surface area contributed by atoms with Crippen molar-refractivity contribution >= 4 is 11.8 Å². The number of benzene rings is 1. The number of amides is 2. The van der Waals surface area contributed by atoms with Crippen LogP contribution in [0.3, 0.4) is 0 Å². The van der Waals surface area contributed by atoms with Gasteiger partial charge in [-0.2, -0.15) is 0 Å². The van der Waals surface area contributed by atoms with Gasteiger partial charge in [-0.3, -0.25) is 19.6 Å². The van der Waals surface area contributed by atoms with Crippen LogP contribution < -0.4 is 10.6 Å². The molecule has 3 rings (SSSR count). The van der Waals surface area contributed by atoms with Crippen molar-refractivity contribution in [3.05, 3.63) is 95.3 Å². The van der Waals surface area contributed by atoms with Gasteiger partial charge in [-0.05, 0) is 35.7 Å². The third kappa shape index (κ3) is 5.20. The third-order valence-corrected chi connectivity index (χ3v) is 4.08. The Hall–Kier alpha value is -3.61. The summed E-state index contributed by atoms with van der Waals surface area (Å²) in [5.41, 5.74) is 1.95. The summed E-state index contributed by atoms with van der Waals surface area (Å²) in [7, 11) is 0. The number of hydrogen-bond donors (Lipinski definition) is 2. The molecule has 2 aromatic heterocycles. The maximum atomic E-state index is 13.6. The number of hydrogen-bond acceptors (Lipinski definition) is 4. The Balaban J connectivity index is 1.55. The first kappa shape index (κ1) is 19.2. The third-order valence-electron chi connectivity index (χ3n) is 4.08. The Morgan fingerprint density at radius 1 is 0.893 bits per heavy atom. The van der Waals surface area contributed by atoms with E-state index in [-0.39, 0.29) is 35.3 Å². The molecule has 142 valence electrons. The van der Waals surface area contributed by atoms with Crippen LogP contribution in [0.25, 0.3) is 0 Å². The molecule has 2 N–H and O–H groups in total. The van der Waals surface area contributed by atoms with Crippen LogP contribution in [0.1, 0.15) is 31.8 Å². The van der Waals surface area contributed by atoms with Gasteiger partial charge in [0.1, 0.15) is 5.82 Å². The molecule has 0 atom stereocenters. The molecular weight excluding hydrogens is 359 g/mol. The highest BCUT2D eigenvalue weighted by molar-refractivity contribution is 5.99. The fourth-order valence-corrected chi connectivity index (χ4v) is 2.59. The van der Waals surface area contributed by atoms with Gasteiger partial charge in [0.2, 0.25) is 0 Å². The maximum absolute atomic E-state index is 13.6. The van der Waals surface area contributed by atoms with Crippen molar-refractivity contribution in [3.8, 4) is 0 Å². The molecule has 0 saturated heterocycles. The zero-order valence-corrected chi connectivity index (χ0v) is 15.1. The van der Waals surface area contributed by atoms with Gasteiger partial charge < -0.3 is 10.6 Å². The van der Waals surface area contributed by atoms with Crippen LogP contribution in [0.4, 0.5) is 4.39 Å². The Morgan fingerprint density at radius 2 is 1.64 bits per heavy atom. The summed E-state index contributed by atoms with van der Waals surface area (Å²) < 4.78 is 13.6. The van der Waals surface area contributed by atoms with Crippen LogP contribution >= 0.6 is 0 Å². The van der Waals surface area contributed by atoms with Crippen LogP contribution in [0.2, 0.25) is 0 Å². The predicted octanol–water partition coefficient (Wildman–Crippen LogP) is 2.52. The smallest absolute Gasteiger partial charge is 0.253 e. The Morgan fingerprint density at radius 3 is 2.36 bits per heavy atom. The molecule has 2 heterocycles. The second-order valence-electron chi connectivity index (χ2n) is 6.10. The molecule has 0 aliphatic heterocycles. The fraction of sp³-hybridized carbons (Fsp3) is 0.143. The first-order valence-electron chi connectivity index (χ1n) is 8.77. The zero-order chi connectivity index (χ0) is 19.8. The van der Waals surface area contributed by atoms with E-state index in [1.807, 2.05) is 6.07 Å². The molecule has 7 heteroatoms. The summed E-state index contributed by atoms with van der Waals surface area (Å²) >= 11 is 0. The summed E-state index contributed by atoms with van der Waals surface area (Å²) in [6.07, 6.45) is 6.48. The molecule has 6 nitrogen and oxygen atoms in total. The van der Waals surface area contributed by atoms with Gasteiger partial charge in [0.05, 0.1) is 11.1 Å². The minimum atomic E-state index is -0.370. The van der Waals surface area contributed by atoms with Crippen molar-refractivity contribution in [3.63, 3.8) is 0 Å². The van der Waals surface area contributed by atoms with Crippen LogP contribution in [0.15, 0.2) is 67.3 Å². The highest BCUT2D eigenvalue weighted by Crippen LogP contribution is 2.07. The number of halogens is 1. The van der Waals surface area contributed by atoms with Crippen molar-refractivity contribution in [2.24, 2.45) is 0 Å². The van der Waals surface area contributed by atoms with Gasteiger partial charge in [-0.1, -0.05) is 24.3 Å². The van der Waals surface area contributed by atoms with E-state index in [1.54, 1.807) is 36.7 Å². The van der Waals surface area contributed by atoms with Crippen LogP contribution in [0, 0.1) is 5.82 Å². The van der Waals surface area contributed by atoms with Crippen molar-refractivity contribution in [2.45, 2.75) is 13.0 Å². The molecule has 0 radical (unpaired) electrons. The normalized spacial score (nSPS) is 10.3. The van der Waals surface area contributed by atoms with E-state index in [0.29, 0.717) is 18.5 Å². The lowest BCUT2D eigenvalue weighted by molar-refractivity contribution is 0.0950. The minimum Gasteiger partial charge on any atom is -0.352 e. The van der Waals surface area contributed by atoms with Crippen molar-refractivity contribution in [1.82, 2.24) is 20.6 Å². The van der Waals surface area contributed by atoms with Crippen LogP contribution in [0.5, 0.6) is 0 Å². The van der Waals surface area contributed by atoms with E-state index in [9.17, 15) is 14.0 Å².